The van der Waals surface area contributed by atoms with Crippen LogP contribution in [-0.2, 0) is 15.3 Å². The van der Waals surface area contributed by atoms with Crippen LogP contribution >= 0.6 is 23.1 Å². The minimum Gasteiger partial charge on any atom is -0.507 e. The minimum absolute atomic E-state index is 0.0662. The first kappa shape index (κ1) is 28.3. The van der Waals surface area contributed by atoms with E-state index in [0.29, 0.717) is 45.9 Å². The number of thioether (sulfide) groups is 1. The Morgan fingerprint density at radius 3 is 2.39 bits per heavy atom. The molecule has 0 spiro atoms. The maximum atomic E-state index is 13.5. The van der Waals surface area contributed by atoms with Crippen molar-refractivity contribution in [1.82, 2.24) is 10.2 Å². The van der Waals surface area contributed by atoms with Crippen molar-refractivity contribution in [3.8, 4) is 11.5 Å². The summed E-state index contributed by atoms with van der Waals surface area (Å²) in [5, 5.41) is 20.0. The lowest BCUT2D eigenvalue weighted by molar-refractivity contribution is -0.132. The zero-order valence-corrected chi connectivity index (χ0v) is 23.9. The zero-order chi connectivity index (χ0) is 28.9. The zero-order valence-electron chi connectivity index (χ0n) is 22.2. The molecule has 41 heavy (non-hydrogen) atoms. The van der Waals surface area contributed by atoms with Crippen LogP contribution in [0.2, 0.25) is 0 Å². The number of carbonyl (C=O) groups is 2. The Morgan fingerprint density at radius 2 is 1.68 bits per heavy atom. The van der Waals surface area contributed by atoms with Gasteiger partial charge in [-0.2, -0.15) is 0 Å². The number of rotatable bonds is 10. The molecule has 4 aromatic rings. The Balaban J connectivity index is 1.53. The van der Waals surface area contributed by atoms with Gasteiger partial charge >= 0.3 is 5.91 Å². The van der Waals surface area contributed by atoms with Crippen molar-refractivity contribution in [3.63, 3.8) is 0 Å². The van der Waals surface area contributed by atoms with E-state index in [0.717, 1.165) is 16.9 Å². The molecule has 1 aliphatic heterocycles. The number of benzene rings is 3. The SMILES string of the molecule is CCOc1ccc(/C(O)=C2\C(=O)C(=O)N(c3nnc(SCc4ccc(F)cc4)s3)C2c2cccc(OCC)c2)cc1. The van der Waals surface area contributed by atoms with Gasteiger partial charge in [-0.05, 0) is 73.5 Å². The lowest BCUT2D eigenvalue weighted by Gasteiger charge is -2.23. The monoisotopic (exact) mass is 591 g/mol. The van der Waals surface area contributed by atoms with Crippen LogP contribution in [0, 0.1) is 5.82 Å². The second-order valence-electron chi connectivity index (χ2n) is 8.90. The third kappa shape index (κ3) is 6.10. The van der Waals surface area contributed by atoms with Crippen molar-refractivity contribution >= 4 is 45.7 Å². The molecule has 11 heteroatoms. The summed E-state index contributed by atoms with van der Waals surface area (Å²) in [4.78, 5) is 28.2. The second-order valence-corrected chi connectivity index (χ2v) is 11.1. The molecule has 2 heterocycles. The topological polar surface area (TPSA) is 102 Å². The van der Waals surface area contributed by atoms with Crippen LogP contribution in [-0.4, -0.2) is 40.2 Å². The van der Waals surface area contributed by atoms with E-state index in [1.807, 2.05) is 13.8 Å². The number of ether oxygens (including phenoxy) is 2. The third-order valence-corrected chi connectivity index (χ3v) is 8.37. The Hall–Kier alpha value is -4.22. The summed E-state index contributed by atoms with van der Waals surface area (Å²) in [6, 6.07) is 18.9. The van der Waals surface area contributed by atoms with E-state index in [2.05, 4.69) is 10.2 Å². The van der Waals surface area contributed by atoms with Crippen LogP contribution in [0.5, 0.6) is 11.5 Å². The predicted octanol–water partition coefficient (Wildman–Crippen LogP) is 6.39. The van der Waals surface area contributed by atoms with Crippen LogP contribution in [0.25, 0.3) is 5.76 Å². The lowest BCUT2D eigenvalue weighted by Crippen LogP contribution is -2.29. The summed E-state index contributed by atoms with van der Waals surface area (Å²) in [5.41, 5.74) is 1.77. The number of Topliss-reactive ketones (excluding diaryl/α,β-unsaturated/α-hetero) is 1. The molecule has 1 amide bonds. The van der Waals surface area contributed by atoms with Gasteiger partial charge in [0.05, 0.1) is 24.8 Å². The number of amides is 1. The van der Waals surface area contributed by atoms with Crippen LogP contribution in [0.4, 0.5) is 9.52 Å². The van der Waals surface area contributed by atoms with Crippen molar-refractivity contribution in [3.05, 3.63) is 101 Å². The summed E-state index contributed by atoms with van der Waals surface area (Å²) in [6.45, 7) is 4.64. The van der Waals surface area contributed by atoms with Gasteiger partial charge in [0.25, 0.3) is 5.78 Å². The second kappa shape index (κ2) is 12.5. The number of carbonyl (C=O) groups excluding carboxylic acids is 2. The van der Waals surface area contributed by atoms with E-state index in [-0.39, 0.29) is 22.3 Å². The number of anilines is 1. The Bertz CT molecular complexity index is 1590. The Labute approximate surface area is 244 Å². The van der Waals surface area contributed by atoms with Gasteiger partial charge in [0.15, 0.2) is 4.34 Å². The number of aliphatic hydroxyl groups excluding tert-OH is 1. The van der Waals surface area contributed by atoms with Gasteiger partial charge in [0, 0.05) is 11.3 Å². The van der Waals surface area contributed by atoms with Gasteiger partial charge in [-0.1, -0.05) is 47.4 Å². The van der Waals surface area contributed by atoms with E-state index in [4.69, 9.17) is 9.47 Å². The molecule has 1 aliphatic rings. The third-order valence-electron chi connectivity index (χ3n) is 6.25. The summed E-state index contributed by atoms with van der Waals surface area (Å²) in [7, 11) is 0. The van der Waals surface area contributed by atoms with Gasteiger partial charge in [0.2, 0.25) is 5.13 Å². The van der Waals surface area contributed by atoms with E-state index >= 15 is 0 Å². The number of aliphatic hydroxyl groups is 1. The van der Waals surface area contributed by atoms with Crippen LogP contribution in [0.3, 0.4) is 0 Å². The molecule has 0 aliphatic carbocycles. The number of nitrogens with zero attached hydrogens (tertiary/aromatic N) is 3. The fourth-order valence-electron chi connectivity index (χ4n) is 4.40. The average Bonchev–Trinajstić information content (AvgIpc) is 3.55. The molecule has 1 atom stereocenters. The largest absolute Gasteiger partial charge is 0.507 e. The summed E-state index contributed by atoms with van der Waals surface area (Å²) < 4.78 is 25.0. The van der Waals surface area contributed by atoms with Crippen LogP contribution in [0.15, 0.2) is 82.7 Å². The maximum absolute atomic E-state index is 13.5. The molecule has 8 nitrogen and oxygen atoms in total. The highest BCUT2D eigenvalue weighted by molar-refractivity contribution is 8.00. The highest BCUT2D eigenvalue weighted by atomic mass is 32.2. The molecule has 1 fully saturated rings. The summed E-state index contributed by atoms with van der Waals surface area (Å²) >= 11 is 2.54. The van der Waals surface area contributed by atoms with Crippen molar-refractivity contribution in [1.29, 1.82) is 0 Å². The van der Waals surface area contributed by atoms with Gasteiger partial charge in [0.1, 0.15) is 23.1 Å². The highest BCUT2D eigenvalue weighted by Crippen LogP contribution is 2.44. The molecular weight excluding hydrogens is 565 g/mol. The fourth-order valence-corrected chi connectivity index (χ4v) is 6.22. The van der Waals surface area contributed by atoms with Gasteiger partial charge < -0.3 is 14.6 Å². The standard InChI is InChI=1S/C30H26FN3O5S2/c1-3-38-22-14-10-19(11-15-22)26(35)24-25(20-6-5-7-23(16-20)39-4-2)34(28(37)27(24)36)29-32-33-30(41-29)40-17-18-8-12-21(31)13-9-18/h5-16,25,35H,3-4,17H2,1-2H3/b26-24+. The van der Waals surface area contributed by atoms with Crippen LogP contribution < -0.4 is 14.4 Å². The maximum Gasteiger partial charge on any atom is 0.301 e. The normalized spacial score (nSPS) is 16.3. The van der Waals surface area contributed by atoms with Crippen LogP contribution in [0.1, 0.15) is 36.6 Å². The Kier molecular flexibility index (Phi) is 8.65. The smallest absolute Gasteiger partial charge is 0.301 e. The molecule has 1 N–H and O–H groups in total. The summed E-state index contributed by atoms with van der Waals surface area (Å²) in [6.07, 6.45) is 0. The fraction of sp³-hybridized carbons (Fsp3) is 0.200. The molecule has 1 aromatic heterocycles. The Morgan fingerprint density at radius 1 is 0.976 bits per heavy atom. The number of hydrogen-bond acceptors (Lipinski definition) is 9. The van der Waals surface area contributed by atoms with Gasteiger partial charge in [-0.15, -0.1) is 10.2 Å². The van der Waals surface area contributed by atoms with Crippen molar-refractivity contribution in [2.24, 2.45) is 0 Å². The predicted molar refractivity (Wildman–Crippen MR) is 156 cm³/mol. The number of aromatic nitrogens is 2. The molecule has 5 rings (SSSR count). The number of hydrogen-bond donors (Lipinski definition) is 1. The molecular formula is C30H26FN3O5S2. The molecule has 3 aromatic carbocycles. The lowest BCUT2D eigenvalue weighted by atomic mass is 9.95. The van der Waals surface area contributed by atoms with Gasteiger partial charge in [-0.25, -0.2) is 4.39 Å². The quantitative estimate of drug-likeness (QED) is 0.0744. The van der Waals surface area contributed by atoms with Gasteiger partial charge in [-0.3, -0.25) is 14.5 Å². The van der Waals surface area contributed by atoms with Crippen molar-refractivity contribution < 1.29 is 28.6 Å². The highest BCUT2D eigenvalue weighted by Gasteiger charge is 2.48. The van der Waals surface area contributed by atoms with E-state index in [1.54, 1.807) is 60.7 Å². The number of halogens is 1. The molecule has 0 bridgehead atoms. The van der Waals surface area contributed by atoms with E-state index < -0.39 is 17.7 Å². The van der Waals surface area contributed by atoms with Crippen molar-refractivity contribution in [2.45, 2.75) is 30.0 Å². The first-order chi connectivity index (χ1) is 19.9. The summed E-state index contributed by atoms with van der Waals surface area (Å²) in [5.74, 6) is -0.586. The van der Waals surface area contributed by atoms with Crippen molar-refractivity contribution in [2.75, 3.05) is 18.1 Å². The first-order valence-corrected chi connectivity index (χ1v) is 14.7. The van der Waals surface area contributed by atoms with E-state index in [9.17, 15) is 19.1 Å². The van der Waals surface area contributed by atoms with E-state index in [1.165, 1.54) is 28.8 Å². The molecule has 1 saturated heterocycles. The first-order valence-electron chi connectivity index (χ1n) is 12.9. The molecule has 210 valence electrons. The molecule has 0 radical (unpaired) electrons. The molecule has 0 saturated carbocycles. The average molecular weight is 592 g/mol. The minimum atomic E-state index is -0.968. The number of ketones is 1. The molecule has 1 unspecified atom stereocenters.